The molecule has 6 heteroatoms. The fourth-order valence-electron chi connectivity index (χ4n) is 0.691. The molecule has 0 aliphatic heterocycles. The second kappa shape index (κ2) is 6.22. The molecule has 0 spiro atoms. The van der Waals surface area contributed by atoms with Gasteiger partial charge in [0.1, 0.15) is 12.2 Å². The topological polar surface area (TPSA) is 67.6 Å². The van der Waals surface area contributed by atoms with E-state index >= 15 is 0 Å². The molecule has 0 fully saturated rings. The number of aromatic nitrogens is 3. The molecule has 0 saturated carbocycles. The average molecular weight is 213 g/mol. The van der Waals surface area contributed by atoms with Crippen molar-refractivity contribution in [3.05, 3.63) is 12.2 Å². The third-order valence-electron chi connectivity index (χ3n) is 1.47. The van der Waals surface area contributed by atoms with E-state index in [1.165, 1.54) is 6.33 Å². The van der Waals surface area contributed by atoms with Crippen molar-refractivity contribution in [3.8, 4) is 0 Å². The lowest BCUT2D eigenvalue weighted by atomic mass is 10.1. The smallest absolute Gasteiger partial charge is 0.141 e. The fourth-order valence-corrected chi connectivity index (χ4v) is 0.691. The van der Waals surface area contributed by atoms with Gasteiger partial charge in [0.05, 0.1) is 6.04 Å². The van der Waals surface area contributed by atoms with Crippen molar-refractivity contribution in [3.63, 3.8) is 0 Å². The SMILES string of the molecule is CC(C)C(N)c1ncn[nH]1.Cl.Cl. The number of nitrogens with zero attached hydrogens (tertiary/aromatic N) is 2. The summed E-state index contributed by atoms with van der Waals surface area (Å²) in [6, 6.07) is -0.0255. The van der Waals surface area contributed by atoms with Crippen LogP contribution in [0.2, 0.25) is 0 Å². The lowest BCUT2D eigenvalue weighted by Crippen LogP contribution is -2.18. The number of rotatable bonds is 2. The zero-order valence-corrected chi connectivity index (χ0v) is 8.65. The summed E-state index contributed by atoms with van der Waals surface area (Å²) in [7, 11) is 0. The van der Waals surface area contributed by atoms with Crippen LogP contribution in [-0.2, 0) is 0 Å². The summed E-state index contributed by atoms with van der Waals surface area (Å²) in [5.74, 6) is 1.16. The Hall–Kier alpha value is -0.320. The molecule has 4 nitrogen and oxygen atoms in total. The minimum atomic E-state index is -0.0255. The second-order valence-electron chi connectivity index (χ2n) is 2.64. The number of aromatic amines is 1. The predicted octanol–water partition coefficient (Wildman–Crippen LogP) is 1.30. The summed E-state index contributed by atoms with van der Waals surface area (Å²) >= 11 is 0. The van der Waals surface area contributed by atoms with Crippen molar-refractivity contribution in [1.29, 1.82) is 0 Å². The highest BCUT2D eigenvalue weighted by atomic mass is 35.5. The normalized spacial score (nSPS) is 11.7. The molecular formula is C6H14Cl2N4. The van der Waals surface area contributed by atoms with Crippen LogP contribution in [-0.4, -0.2) is 15.2 Å². The van der Waals surface area contributed by atoms with Crippen molar-refractivity contribution >= 4 is 24.8 Å². The molecule has 0 aliphatic carbocycles. The highest BCUT2D eigenvalue weighted by molar-refractivity contribution is 5.85. The van der Waals surface area contributed by atoms with Crippen LogP contribution in [0.4, 0.5) is 0 Å². The van der Waals surface area contributed by atoms with E-state index in [1.54, 1.807) is 0 Å². The van der Waals surface area contributed by atoms with E-state index in [4.69, 9.17) is 5.73 Å². The van der Waals surface area contributed by atoms with Gasteiger partial charge < -0.3 is 5.73 Å². The molecule has 1 heterocycles. The van der Waals surface area contributed by atoms with E-state index in [0.717, 1.165) is 5.82 Å². The molecule has 1 rings (SSSR count). The molecule has 0 saturated heterocycles. The van der Waals surface area contributed by atoms with Gasteiger partial charge in [-0.2, -0.15) is 5.10 Å². The third kappa shape index (κ3) is 3.38. The molecule has 3 N–H and O–H groups in total. The van der Waals surface area contributed by atoms with Gasteiger partial charge >= 0.3 is 0 Å². The molecule has 0 amide bonds. The average Bonchev–Trinajstić information content (AvgIpc) is 2.36. The maximum absolute atomic E-state index is 5.75. The number of nitrogens with two attached hydrogens (primary N) is 1. The van der Waals surface area contributed by atoms with Crippen molar-refractivity contribution < 1.29 is 0 Å². The van der Waals surface area contributed by atoms with Crippen LogP contribution in [0.5, 0.6) is 0 Å². The monoisotopic (exact) mass is 212 g/mol. The highest BCUT2D eigenvalue weighted by Crippen LogP contribution is 2.12. The summed E-state index contributed by atoms with van der Waals surface area (Å²) in [4.78, 5) is 3.95. The Labute approximate surface area is 84.2 Å². The predicted molar refractivity (Wildman–Crippen MR) is 52.6 cm³/mol. The molecule has 0 bridgehead atoms. The Morgan fingerprint density at radius 1 is 1.42 bits per heavy atom. The maximum Gasteiger partial charge on any atom is 0.141 e. The Morgan fingerprint density at radius 3 is 2.33 bits per heavy atom. The Morgan fingerprint density at radius 2 is 2.00 bits per heavy atom. The summed E-state index contributed by atoms with van der Waals surface area (Å²) in [5, 5.41) is 6.44. The van der Waals surface area contributed by atoms with Crippen molar-refractivity contribution in [1.82, 2.24) is 15.2 Å². The van der Waals surface area contributed by atoms with Crippen LogP contribution in [0.15, 0.2) is 6.33 Å². The molecule has 1 aromatic heterocycles. The van der Waals surface area contributed by atoms with Gasteiger partial charge in [0.25, 0.3) is 0 Å². The van der Waals surface area contributed by atoms with Gasteiger partial charge in [0.2, 0.25) is 0 Å². The van der Waals surface area contributed by atoms with Gasteiger partial charge in [-0.15, -0.1) is 24.8 Å². The maximum atomic E-state index is 5.75. The minimum absolute atomic E-state index is 0. The summed E-state index contributed by atoms with van der Waals surface area (Å²) in [6.07, 6.45) is 1.47. The van der Waals surface area contributed by atoms with Crippen LogP contribution in [0.3, 0.4) is 0 Å². The van der Waals surface area contributed by atoms with Gasteiger partial charge in [-0.3, -0.25) is 5.10 Å². The Bertz CT molecular complexity index is 187. The summed E-state index contributed by atoms with van der Waals surface area (Å²) in [6.45, 7) is 4.10. The number of hydrogen-bond donors (Lipinski definition) is 2. The van der Waals surface area contributed by atoms with Crippen molar-refractivity contribution in [2.45, 2.75) is 19.9 Å². The van der Waals surface area contributed by atoms with Gasteiger partial charge in [-0.25, -0.2) is 4.98 Å². The van der Waals surface area contributed by atoms with Crippen LogP contribution in [0, 0.1) is 5.92 Å². The van der Waals surface area contributed by atoms with Crippen molar-refractivity contribution in [2.75, 3.05) is 0 Å². The van der Waals surface area contributed by atoms with E-state index in [0.29, 0.717) is 5.92 Å². The lowest BCUT2D eigenvalue weighted by Gasteiger charge is -2.10. The molecule has 12 heavy (non-hydrogen) atoms. The molecule has 1 atom stereocenters. The van der Waals surface area contributed by atoms with Gasteiger partial charge in [-0.05, 0) is 5.92 Å². The van der Waals surface area contributed by atoms with Crippen LogP contribution < -0.4 is 5.73 Å². The summed E-state index contributed by atoms with van der Waals surface area (Å²) in [5.41, 5.74) is 5.75. The Kier molecular flexibility index (Phi) is 7.37. The summed E-state index contributed by atoms with van der Waals surface area (Å²) < 4.78 is 0. The van der Waals surface area contributed by atoms with Crippen molar-refractivity contribution in [2.24, 2.45) is 11.7 Å². The van der Waals surface area contributed by atoms with Crippen LogP contribution >= 0.6 is 24.8 Å². The lowest BCUT2D eigenvalue weighted by molar-refractivity contribution is 0.492. The van der Waals surface area contributed by atoms with E-state index in [9.17, 15) is 0 Å². The molecular weight excluding hydrogens is 199 g/mol. The molecule has 1 aromatic rings. The zero-order chi connectivity index (χ0) is 7.56. The first kappa shape index (κ1) is 14.2. The fraction of sp³-hybridized carbons (Fsp3) is 0.667. The second-order valence-corrected chi connectivity index (χ2v) is 2.64. The van der Waals surface area contributed by atoms with E-state index < -0.39 is 0 Å². The van der Waals surface area contributed by atoms with Gasteiger partial charge in [0.15, 0.2) is 0 Å². The molecule has 0 aromatic carbocycles. The standard InChI is InChI=1S/C6H12N4.2ClH/c1-4(2)5(7)6-8-3-9-10-6;;/h3-5H,7H2,1-2H3,(H,8,9,10);2*1H. The highest BCUT2D eigenvalue weighted by Gasteiger charge is 2.11. The van der Waals surface area contributed by atoms with E-state index in [-0.39, 0.29) is 30.9 Å². The first-order valence-corrected chi connectivity index (χ1v) is 3.32. The first-order chi connectivity index (χ1) is 4.72. The molecule has 1 unspecified atom stereocenters. The molecule has 72 valence electrons. The number of H-pyrrole nitrogens is 1. The molecule has 0 radical (unpaired) electrons. The zero-order valence-electron chi connectivity index (χ0n) is 7.02. The first-order valence-electron chi connectivity index (χ1n) is 3.32. The number of halogens is 2. The van der Waals surface area contributed by atoms with E-state index in [1.807, 2.05) is 13.8 Å². The van der Waals surface area contributed by atoms with E-state index in [2.05, 4.69) is 15.2 Å². The van der Waals surface area contributed by atoms with Gasteiger partial charge in [-0.1, -0.05) is 13.8 Å². The third-order valence-corrected chi connectivity index (χ3v) is 1.47. The Balaban J connectivity index is 0. The number of nitrogens with one attached hydrogen (secondary N) is 1. The largest absolute Gasteiger partial charge is 0.321 e. The number of hydrogen-bond acceptors (Lipinski definition) is 3. The van der Waals surface area contributed by atoms with Crippen LogP contribution in [0.25, 0.3) is 0 Å². The van der Waals surface area contributed by atoms with Gasteiger partial charge in [0, 0.05) is 0 Å². The quantitative estimate of drug-likeness (QED) is 0.778. The molecule has 0 aliphatic rings. The van der Waals surface area contributed by atoms with Crippen LogP contribution in [0.1, 0.15) is 25.7 Å². The minimum Gasteiger partial charge on any atom is -0.321 e.